The number of para-hydroxylation sites is 1. The Morgan fingerprint density at radius 1 is 1.50 bits per heavy atom. The van der Waals surface area contributed by atoms with Crippen LogP contribution < -0.4 is 0 Å². The van der Waals surface area contributed by atoms with Gasteiger partial charge in [0.2, 0.25) is 0 Å². The van der Waals surface area contributed by atoms with E-state index in [1.54, 1.807) is 6.92 Å². The third-order valence-corrected chi connectivity index (χ3v) is 2.74. The molecule has 0 unspecified atom stereocenters. The zero-order valence-corrected chi connectivity index (χ0v) is 9.45. The molecule has 0 N–H and O–H groups in total. The Kier molecular flexibility index (Phi) is 2.54. The normalized spacial score (nSPS) is 10.3. The second-order valence-electron chi connectivity index (χ2n) is 3.90. The molecule has 0 amide bonds. The summed E-state index contributed by atoms with van der Waals surface area (Å²) < 4.78 is 1.96. The number of carbonyl (C=O) groups excluding carboxylic acids is 1. The summed E-state index contributed by atoms with van der Waals surface area (Å²) in [5.74, 6) is 2.68. The van der Waals surface area contributed by atoms with Crippen molar-refractivity contribution in [2.24, 2.45) is 0 Å². The van der Waals surface area contributed by atoms with E-state index in [0.29, 0.717) is 6.54 Å². The summed E-state index contributed by atoms with van der Waals surface area (Å²) in [6.45, 7) is 4.10. The molecule has 1 heterocycles. The van der Waals surface area contributed by atoms with Gasteiger partial charge in [-0.05, 0) is 19.4 Å². The molecule has 2 heteroatoms. The average molecular weight is 211 g/mol. The lowest BCUT2D eigenvalue weighted by Gasteiger charge is -2.02. The van der Waals surface area contributed by atoms with Gasteiger partial charge in [0.25, 0.3) is 0 Å². The second-order valence-corrected chi connectivity index (χ2v) is 3.90. The van der Waals surface area contributed by atoms with E-state index in [1.165, 1.54) is 0 Å². The fourth-order valence-electron chi connectivity index (χ4n) is 2.05. The molecule has 0 saturated carbocycles. The van der Waals surface area contributed by atoms with Crippen LogP contribution in [0.15, 0.2) is 24.4 Å². The van der Waals surface area contributed by atoms with Crippen molar-refractivity contribution in [3.8, 4) is 12.3 Å². The van der Waals surface area contributed by atoms with Gasteiger partial charge in [-0.1, -0.05) is 24.1 Å². The molecular formula is C14H13NO. The zero-order chi connectivity index (χ0) is 11.7. The molecule has 0 aliphatic carbocycles. The van der Waals surface area contributed by atoms with E-state index >= 15 is 0 Å². The van der Waals surface area contributed by atoms with Crippen LogP contribution in [0.25, 0.3) is 10.9 Å². The molecule has 1 aromatic heterocycles. The number of aryl methyl sites for hydroxylation is 1. The van der Waals surface area contributed by atoms with Gasteiger partial charge < -0.3 is 4.57 Å². The highest BCUT2D eigenvalue weighted by Gasteiger charge is 2.12. The Labute approximate surface area is 94.9 Å². The van der Waals surface area contributed by atoms with Crippen LogP contribution in [0.1, 0.15) is 22.8 Å². The van der Waals surface area contributed by atoms with Crippen LogP contribution in [0.5, 0.6) is 0 Å². The van der Waals surface area contributed by atoms with Gasteiger partial charge >= 0.3 is 0 Å². The van der Waals surface area contributed by atoms with Gasteiger partial charge in [-0.3, -0.25) is 4.79 Å². The zero-order valence-electron chi connectivity index (χ0n) is 9.45. The van der Waals surface area contributed by atoms with Gasteiger partial charge in [0.1, 0.15) is 0 Å². The van der Waals surface area contributed by atoms with Crippen LogP contribution >= 0.6 is 0 Å². The molecule has 0 bridgehead atoms. The molecule has 2 rings (SSSR count). The number of aromatic nitrogens is 1. The fraction of sp³-hybridized carbons (Fsp3) is 0.214. The maximum atomic E-state index is 11.5. The first-order valence-corrected chi connectivity index (χ1v) is 5.18. The maximum absolute atomic E-state index is 11.5. The predicted octanol–water partition coefficient (Wildman–Crippen LogP) is 2.79. The number of terminal acetylenes is 1. The molecule has 80 valence electrons. The number of nitrogens with zero attached hydrogens (tertiary/aromatic N) is 1. The van der Waals surface area contributed by atoms with Gasteiger partial charge in [-0.15, -0.1) is 6.42 Å². The van der Waals surface area contributed by atoms with Crippen molar-refractivity contribution in [1.29, 1.82) is 0 Å². The van der Waals surface area contributed by atoms with Crippen LogP contribution in [-0.4, -0.2) is 10.4 Å². The van der Waals surface area contributed by atoms with Gasteiger partial charge in [0, 0.05) is 17.1 Å². The number of Topliss-reactive ketones (excluding diaryl/α,β-unsaturated/α-hetero) is 1. The third-order valence-electron chi connectivity index (χ3n) is 2.74. The minimum absolute atomic E-state index is 0.0753. The maximum Gasteiger partial charge on any atom is 0.161 e. The Morgan fingerprint density at radius 2 is 2.25 bits per heavy atom. The highest BCUT2D eigenvalue weighted by Crippen LogP contribution is 2.24. The summed E-state index contributed by atoms with van der Waals surface area (Å²) in [6.07, 6.45) is 7.18. The van der Waals surface area contributed by atoms with E-state index in [1.807, 2.05) is 35.9 Å². The second kappa shape index (κ2) is 3.86. The van der Waals surface area contributed by atoms with E-state index < -0.39 is 0 Å². The van der Waals surface area contributed by atoms with Crippen LogP contribution in [-0.2, 0) is 6.54 Å². The van der Waals surface area contributed by atoms with E-state index in [9.17, 15) is 4.79 Å². The number of fused-ring (bicyclic) bond motifs is 1. The molecule has 2 aromatic rings. The largest absolute Gasteiger partial charge is 0.335 e. The predicted molar refractivity (Wildman–Crippen MR) is 65.5 cm³/mol. The Hall–Kier alpha value is -2.01. The lowest BCUT2D eigenvalue weighted by atomic mass is 10.1. The molecule has 2 nitrogen and oxygen atoms in total. The van der Waals surface area contributed by atoms with Crippen molar-refractivity contribution >= 4 is 16.7 Å². The van der Waals surface area contributed by atoms with E-state index in [-0.39, 0.29) is 5.78 Å². The van der Waals surface area contributed by atoms with Gasteiger partial charge in [0.05, 0.1) is 12.1 Å². The van der Waals surface area contributed by atoms with E-state index in [2.05, 4.69) is 5.92 Å². The van der Waals surface area contributed by atoms with E-state index in [0.717, 1.165) is 22.0 Å². The van der Waals surface area contributed by atoms with Crippen LogP contribution in [0.4, 0.5) is 0 Å². The summed E-state index contributed by atoms with van der Waals surface area (Å²) in [4.78, 5) is 11.5. The van der Waals surface area contributed by atoms with Gasteiger partial charge in [-0.2, -0.15) is 0 Å². The number of carbonyl (C=O) groups is 1. The third kappa shape index (κ3) is 1.51. The SMILES string of the molecule is C#CCn1cc(C(C)=O)c2cccc(C)c21. The molecule has 0 aliphatic heterocycles. The molecule has 0 aliphatic rings. The molecular weight excluding hydrogens is 198 g/mol. The summed E-state index contributed by atoms with van der Waals surface area (Å²) >= 11 is 0. The monoisotopic (exact) mass is 211 g/mol. The topological polar surface area (TPSA) is 22.0 Å². The van der Waals surface area contributed by atoms with Crippen LogP contribution in [0.2, 0.25) is 0 Å². The van der Waals surface area contributed by atoms with E-state index in [4.69, 9.17) is 6.42 Å². The lowest BCUT2D eigenvalue weighted by Crippen LogP contribution is -1.94. The molecule has 0 spiro atoms. The average Bonchev–Trinajstić information content (AvgIpc) is 2.59. The van der Waals surface area contributed by atoms with Crippen molar-refractivity contribution in [2.75, 3.05) is 0 Å². The Bertz CT molecular complexity index is 599. The minimum Gasteiger partial charge on any atom is -0.335 e. The molecule has 0 saturated heterocycles. The molecule has 0 atom stereocenters. The lowest BCUT2D eigenvalue weighted by molar-refractivity contribution is 0.101. The summed E-state index contributed by atoms with van der Waals surface area (Å²) in [6, 6.07) is 5.95. The number of hydrogen-bond acceptors (Lipinski definition) is 1. The Balaban J connectivity index is 2.83. The number of benzene rings is 1. The summed E-state index contributed by atoms with van der Waals surface area (Å²) in [5, 5.41) is 0.989. The van der Waals surface area contributed by atoms with Crippen LogP contribution in [0, 0.1) is 19.3 Å². The molecule has 16 heavy (non-hydrogen) atoms. The number of ketones is 1. The van der Waals surface area contributed by atoms with Crippen molar-refractivity contribution in [3.63, 3.8) is 0 Å². The minimum atomic E-state index is 0.0753. The number of hydrogen-bond donors (Lipinski definition) is 0. The smallest absolute Gasteiger partial charge is 0.161 e. The fourth-order valence-corrected chi connectivity index (χ4v) is 2.05. The van der Waals surface area contributed by atoms with Crippen molar-refractivity contribution in [2.45, 2.75) is 20.4 Å². The van der Waals surface area contributed by atoms with Crippen LogP contribution in [0.3, 0.4) is 0 Å². The van der Waals surface area contributed by atoms with Gasteiger partial charge in [0.15, 0.2) is 5.78 Å². The summed E-state index contributed by atoms with van der Waals surface area (Å²) in [5.41, 5.74) is 2.94. The molecule has 0 fully saturated rings. The summed E-state index contributed by atoms with van der Waals surface area (Å²) in [7, 11) is 0. The van der Waals surface area contributed by atoms with Crippen molar-refractivity contribution in [1.82, 2.24) is 4.57 Å². The number of rotatable bonds is 2. The first-order chi connectivity index (χ1) is 7.65. The Morgan fingerprint density at radius 3 is 2.88 bits per heavy atom. The first-order valence-electron chi connectivity index (χ1n) is 5.18. The standard InChI is InChI=1S/C14H13NO/c1-4-8-15-9-13(11(3)16)12-7-5-6-10(2)14(12)15/h1,5-7,9H,8H2,2-3H3. The quantitative estimate of drug-likeness (QED) is 0.553. The van der Waals surface area contributed by atoms with Crippen molar-refractivity contribution < 1.29 is 4.79 Å². The molecule has 1 aromatic carbocycles. The molecule has 0 radical (unpaired) electrons. The van der Waals surface area contributed by atoms with Gasteiger partial charge in [-0.25, -0.2) is 0 Å². The first kappa shape index (κ1) is 10.5. The van der Waals surface area contributed by atoms with Crippen molar-refractivity contribution in [3.05, 3.63) is 35.5 Å². The highest BCUT2D eigenvalue weighted by atomic mass is 16.1. The highest BCUT2D eigenvalue weighted by molar-refractivity contribution is 6.07.